The standard InChI is InChI=1S/C21H23NO2S2/c1-24-18-7-2-5-15-6-3-12-22(19(15)18)20(23)16-8-10-17(11-9-16)21-25-13-4-14-26-21/h2,5,7-11,21H,3-4,6,12-14H2,1H3. The van der Waals surface area contributed by atoms with E-state index in [0.717, 1.165) is 36.4 Å². The monoisotopic (exact) mass is 385 g/mol. The zero-order valence-electron chi connectivity index (χ0n) is 14.9. The summed E-state index contributed by atoms with van der Waals surface area (Å²) in [5.41, 5.74) is 4.19. The average Bonchev–Trinajstić information content (AvgIpc) is 2.73. The number of hydrogen-bond donors (Lipinski definition) is 0. The Labute approximate surface area is 163 Å². The minimum absolute atomic E-state index is 0.0611. The van der Waals surface area contributed by atoms with Gasteiger partial charge in [-0.25, -0.2) is 0 Å². The first-order valence-electron chi connectivity index (χ1n) is 9.09. The maximum Gasteiger partial charge on any atom is 0.258 e. The Hall–Kier alpha value is -1.59. The average molecular weight is 386 g/mol. The molecule has 1 amide bonds. The predicted molar refractivity (Wildman–Crippen MR) is 112 cm³/mol. The number of aryl methyl sites for hydroxylation is 1. The second kappa shape index (κ2) is 7.97. The van der Waals surface area contributed by atoms with Crippen LogP contribution in [0.4, 0.5) is 5.69 Å². The Kier molecular flexibility index (Phi) is 5.46. The first-order chi connectivity index (χ1) is 12.8. The number of para-hydroxylation sites is 1. The number of amides is 1. The van der Waals surface area contributed by atoms with E-state index in [-0.39, 0.29) is 5.91 Å². The lowest BCUT2D eigenvalue weighted by Crippen LogP contribution is -2.35. The number of carbonyl (C=O) groups excluding carboxylic acids is 1. The molecule has 0 radical (unpaired) electrons. The molecule has 1 fully saturated rings. The lowest BCUT2D eigenvalue weighted by atomic mass is 10.00. The number of ether oxygens (including phenoxy) is 1. The number of thioether (sulfide) groups is 2. The Morgan fingerprint density at radius 1 is 1.08 bits per heavy atom. The fraction of sp³-hybridized carbons (Fsp3) is 0.381. The van der Waals surface area contributed by atoms with Gasteiger partial charge in [-0.2, -0.15) is 0 Å². The van der Waals surface area contributed by atoms with E-state index in [1.165, 1.54) is 29.1 Å². The van der Waals surface area contributed by atoms with Gasteiger partial charge in [0.2, 0.25) is 0 Å². The quantitative estimate of drug-likeness (QED) is 0.730. The molecule has 2 aromatic rings. The highest BCUT2D eigenvalue weighted by molar-refractivity contribution is 8.16. The van der Waals surface area contributed by atoms with Gasteiger partial charge < -0.3 is 9.64 Å². The van der Waals surface area contributed by atoms with Gasteiger partial charge in [0.15, 0.2) is 0 Å². The molecular formula is C21H23NO2S2. The lowest BCUT2D eigenvalue weighted by Gasteiger charge is -2.31. The second-order valence-corrected chi connectivity index (χ2v) is 9.30. The van der Waals surface area contributed by atoms with Crippen molar-refractivity contribution >= 4 is 35.1 Å². The normalized spacial score (nSPS) is 17.7. The van der Waals surface area contributed by atoms with Crippen LogP contribution in [0.3, 0.4) is 0 Å². The van der Waals surface area contributed by atoms with Crippen molar-refractivity contribution in [1.82, 2.24) is 0 Å². The summed E-state index contributed by atoms with van der Waals surface area (Å²) in [6.45, 7) is 0.738. The molecule has 0 bridgehead atoms. The van der Waals surface area contributed by atoms with Gasteiger partial charge in [-0.3, -0.25) is 4.79 Å². The fourth-order valence-corrected chi connectivity index (χ4v) is 6.50. The molecule has 0 aromatic heterocycles. The van der Waals surface area contributed by atoms with Gasteiger partial charge in [-0.15, -0.1) is 23.5 Å². The molecule has 2 aliphatic rings. The molecule has 0 N–H and O–H groups in total. The first kappa shape index (κ1) is 17.8. The van der Waals surface area contributed by atoms with Gasteiger partial charge in [-0.1, -0.05) is 24.3 Å². The van der Waals surface area contributed by atoms with Crippen molar-refractivity contribution in [3.8, 4) is 5.75 Å². The molecule has 136 valence electrons. The number of hydrogen-bond acceptors (Lipinski definition) is 4. The van der Waals surface area contributed by atoms with Crippen LogP contribution in [-0.2, 0) is 6.42 Å². The van der Waals surface area contributed by atoms with E-state index in [0.29, 0.717) is 4.58 Å². The Bertz CT molecular complexity index is 771. The Morgan fingerprint density at radius 2 is 1.85 bits per heavy atom. The van der Waals surface area contributed by atoms with Crippen molar-refractivity contribution in [1.29, 1.82) is 0 Å². The van der Waals surface area contributed by atoms with E-state index in [1.54, 1.807) is 7.11 Å². The summed E-state index contributed by atoms with van der Waals surface area (Å²) in [5, 5.41) is 0. The summed E-state index contributed by atoms with van der Waals surface area (Å²) in [5.74, 6) is 3.29. The summed E-state index contributed by atoms with van der Waals surface area (Å²) in [6, 6.07) is 14.2. The summed E-state index contributed by atoms with van der Waals surface area (Å²) in [6.07, 6.45) is 3.27. The van der Waals surface area contributed by atoms with Gasteiger partial charge >= 0.3 is 0 Å². The van der Waals surface area contributed by atoms with Crippen LogP contribution in [-0.4, -0.2) is 31.1 Å². The van der Waals surface area contributed by atoms with E-state index >= 15 is 0 Å². The molecule has 0 aliphatic carbocycles. The maximum atomic E-state index is 13.2. The number of benzene rings is 2. The van der Waals surface area contributed by atoms with E-state index < -0.39 is 0 Å². The van der Waals surface area contributed by atoms with Crippen molar-refractivity contribution in [3.63, 3.8) is 0 Å². The van der Waals surface area contributed by atoms with Gasteiger partial charge in [0, 0.05) is 12.1 Å². The SMILES string of the molecule is COc1cccc2c1N(C(=O)c1ccc(C3SCCCS3)cc1)CCC2. The molecular weight excluding hydrogens is 362 g/mol. The Morgan fingerprint density at radius 3 is 2.58 bits per heavy atom. The molecule has 2 heterocycles. The van der Waals surface area contributed by atoms with Crippen LogP contribution < -0.4 is 9.64 Å². The number of fused-ring (bicyclic) bond motifs is 1. The van der Waals surface area contributed by atoms with Crippen molar-refractivity contribution in [2.75, 3.05) is 30.1 Å². The molecule has 2 aliphatic heterocycles. The van der Waals surface area contributed by atoms with Gasteiger partial charge in [-0.05, 0) is 60.1 Å². The molecule has 0 spiro atoms. The highest BCUT2D eigenvalue weighted by Gasteiger charge is 2.27. The molecule has 0 saturated carbocycles. The number of anilines is 1. The minimum atomic E-state index is 0.0611. The molecule has 5 heteroatoms. The first-order valence-corrected chi connectivity index (χ1v) is 11.2. The lowest BCUT2D eigenvalue weighted by molar-refractivity contribution is 0.0984. The van der Waals surface area contributed by atoms with Crippen molar-refractivity contribution in [2.24, 2.45) is 0 Å². The number of nitrogens with zero attached hydrogens (tertiary/aromatic N) is 1. The topological polar surface area (TPSA) is 29.5 Å². The number of rotatable bonds is 3. The molecule has 26 heavy (non-hydrogen) atoms. The minimum Gasteiger partial charge on any atom is -0.495 e. The molecule has 3 nitrogen and oxygen atoms in total. The van der Waals surface area contributed by atoms with E-state index in [1.807, 2.05) is 52.7 Å². The zero-order valence-corrected chi connectivity index (χ0v) is 16.6. The summed E-state index contributed by atoms with van der Waals surface area (Å²) in [4.78, 5) is 15.1. The summed E-state index contributed by atoms with van der Waals surface area (Å²) < 4.78 is 6.03. The molecule has 0 unspecified atom stereocenters. The maximum absolute atomic E-state index is 13.2. The van der Waals surface area contributed by atoms with Crippen LogP contribution in [0.1, 0.15) is 38.9 Å². The van der Waals surface area contributed by atoms with Crippen LogP contribution in [0.5, 0.6) is 5.75 Å². The highest BCUT2D eigenvalue weighted by atomic mass is 32.2. The van der Waals surface area contributed by atoms with Crippen LogP contribution in [0.15, 0.2) is 42.5 Å². The summed E-state index contributed by atoms with van der Waals surface area (Å²) in [7, 11) is 1.67. The van der Waals surface area contributed by atoms with Crippen molar-refractivity contribution in [2.45, 2.75) is 23.8 Å². The third-order valence-electron chi connectivity index (χ3n) is 4.90. The molecule has 2 aromatic carbocycles. The third-order valence-corrected chi connectivity index (χ3v) is 7.92. The van der Waals surface area contributed by atoms with Crippen LogP contribution >= 0.6 is 23.5 Å². The number of methoxy groups -OCH3 is 1. The van der Waals surface area contributed by atoms with E-state index in [9.17, 15) is 4.79 Å². The fourth-order valence-electron chi connectivity index (χ4n) is 3.60. The zero-order chi connectivity index (χ0) is 17.9. The van der Waals surface area contributed by atoms with Crippen molar-refractivity contribution < 1.29 is 9.53 Å². The van der Waals surface area contributed by atoms with Gasteiger partial charge in [0.05, 0.1) is 17.4 Å². The summed E-state index contributed by atoms with van der Waals surface area (Å²) >= 11 is 4.01. The molecule has 1 saturated heterocycles. The predicted octanol–water partition coefficient (Wildman–Crippen LogP) is 5.16. The van der Waals surface area contributed by atoms with E-state index in [2.05, 4.69) is 18.2 Å². The van der Waals surface area contributed by atoms with Crippen LogP contribution in [0.2, 0.25) is 0 Å². The molecule has 4 rings (SSSR count). The van der Waals surface area contributed by atoms with Crippen LogP contribution in [0, 0.1) is 0 Å². The van der Waals surface area contributed by atoms with Crippen LogP contribution in [0.25, 0.3) is 0 Å². The Balaban J connectivity index is 1.59. The highest BCUT2D eigenvalue weighted by Crippen LogP contribution is 2.43. The second-order valence-electron chi connectivity index (χ2n) is 6.58. The smallest absolute Gasteiger partial charge is 0.258 e. The number of carbonyl (C=O) groups is 1. The van der Waals surface area contributed by atoms with Crippen molar-refractivity contribution in [3.05, 3.63) is 59.2 Å². The van der Waals surface area contributed by atoms with Gasteiger partial charge in [0.1, 0.15) is 5.75 Å². The van der Waals surface area contributed by atoms with E-state index in [4.69, 9.17) is 4.74 Å². The molecule has 0 atom stereocenters. The largest absolute Gasteiger partial charge is 0.495 e. The van der Waals surface area contributed by atoms with Gasteiger partial charge in [0.25, 0.3) is 5.91 Å². The third kappa shape index (κ3) is 3.47.